The van der Waals surface area contributed by atoms with Crippen LogP contribution in [-0.4, -0.2) is 19.5 Å². The third kappa shape index (κ3) is 3.58. The number of fused-ring (bicyclic) bond motifs is 4. The maximum Gasteiger partial charge on any atom is 0.329 e. The molecule has 0 radical (unpaired) electrons. The van der Waals surface area contributed by atoms with E-state index in [0.717, 1.165) is 18.7 Å². The highest BCUT2D eigenvalue weighted by atomic mass is 16.2. The van der Waals surface area contributed by atoms with Gasteiger partial charge in [0.05, 0.1) is 0 Å². The summed E-state index contributed by atoms with van der Waals surface area (Å²) in [6.07, 6.45) is 17.2. The number of hydrogen-bond donors (Lipinski definition) is 2. The standard InChI is InChI=1S/C22H34N4O2/c1-3-4-5-8-21-10-13-22(14-11-21,15-12-21)9-6-7-16-23-17-18(24-16)26(2)20(28)25-19(17)27/h3-15H2,1-2H3,(H,23,24)(H,25,27,28). The third-order valence-corrected chi connectivity index (χ3v) is 7.79. The van der Waals surface area contributed by atoms with Gasteiger partial charge in [0.1, 0.15) is 11.3 Å². The van der Waals surface area contributed by atoms with Crippen LogP contribution in [0.5, 0.6) is 0 Å². The lowest BCUT2D eigenvalue weighted by Crippen LogP contribution is -2.41. The Bertz CT molecular complexity index is 927. The van der Waals surface area contributed by atoms with Gasteiger partial charge in [-0.2, -0.15) is 0 Å². The van der Waals surface area contributed by atoms with Crippen LogP contribution in [0.25, 0.3) is 11.2 Å². The van der Waals surface area contributed by atoms with Crippen molar-refractivity contribution in [1.29, 1.82) is 0 Å². The van der Waals surface area contributed by atoms with Crippen molar-refractivity contribution in [3.8, 4) is 0 Å². The summed E-state index contributed by atoms with van der Waals surface area (Å²) in [6, 6.07) is 0. The quantitative estimate of drug-likeness (QED) is 0.667. The highest BCUT2D eigenvalue weighted by molar-refractivity contribution is 5.69. The fourth-order valence-corrected chi connectivity index (χ4v) is 5.74. The molecule has 3 aliphatic carbocycles. The molecule has 2 N–H and O–H groups in total. The molecule has 0 aliphatic heterocycles. The molecule has 0 spiro atoms. The van der Waals surface area contributed by atoms with Crippen molar-refractivity contribution in [3.05, 3.63) is 26.7 Å². The number of unbranched alkanes of at least 4 members (excludes halogenated alkanes) is 2. The van der Waals surface area contributed by atoms with Crippen LogP contribution in [0.4, 0.5) is 0 Å². The van der Waals surface area contributed by atoms with E-state index in [1.807, 2.05) is 0 Å². The molecular formula is C22H34N4O2. The lowest BCUT2D eigenvalue weighted by molar-refractivity contribution is -0.0217. The molecular weight excluding hydrogens is 352 g/mol. The van der Waals surface area contributed by atoms with E-state index in [-0.39, 0.29) is 5.56 Å². The maximum absolute atomic E-state index is 12.0. The SMILES string of the molecule is CCCCCC12CCC(CCCc3nc4c([nH]3)c(=O)[nH]c(=O)n4C)(CC1)CC2. The highest BCUT2D eigenvalue weighted by Gasteiger charge is 2.47. The van der Waals surface area contributed by atoms with Crippen molar-refractivity contribution >= 4 is 11.2 Å². The zero-order chi connectivity index (χ0) is 19.8. The number of aromatic amines is 2. The molecule has 0 amide bonds. The van der Waals surface area contributed by atoms with Crippen LogP contribution < -0.4 is 11.2 Å². The number of imidazole rings is 1. The van der Waals surface area contributed by atoms with Crippen LogP contribution in [0.1, 0.15) is 89.8 Å². The fraction of sp³-hybridized carbons (Fsp3) is 0.773. The van der Waals surface area contributed by atoms with Crippen LogP contribution in [0.2, 0.25) is 0 Å². The van der Waals surface area contributed by atoms with E-state index < -0.39 is 5.69 Å². The second-order valence-electron chi connectivity index (χ2n) is 9.51. The summed E-state index contributed by atoms with van der Waals surface area (Å²) in [7, 11) is 1.64. The zero-order valence-corrected chi connectivity index (χ0v) is 17.4. The van der Waals surface area contributed by atoms with Crippen molar-refractivity contribution in [3.63, 3.8) is 0 Å². The van der Waals surface area contributed by atoms with E-state index in [1.54, 1.807) is 7.05 Å². The van der Waals surface area contributed by atoms with Gasteiger partial charge in [-0.15, -0.1) is 0 Å². The monoisotopic (exact) mass is 386 g/mol. The van der Waals surface area contributed by atoms with Crippen LogP contribution >= 0.6 is 0 Å². The molecule has 3 aliphatic rings. The van der Waals surface area contributed by atoms with Gasteiger partial charge in [0.15, 0.2) is 5.65 Å². The van der Waals surface area contributed by atoms with Crippen molar-refractivity contribution in [2.24, 2.45) is 17.9 Å². The Morgan fingerprint density at radius 3 is 2.14 bits per heavy atom. The van der Waals surface area contributed by atoms with Crippen LogP contribution in [0, 0.1) is 10.8 Å². The summed E-state index contributed by atoms with van der Waals surface area (Å²) in [6.45, 7) is 2.29. The lowest BCUT2D eigenvalue weighted by atomic mass is 9.51. The first kappa shape index (κ1) is 19.5. The minimum absolute atomic E-state index is 0.380. The van der Waals surface area contributed by atoms with Gasteiger partial charge in [-0.1, -0.05) is 26.2 Å². The highest BCUT2D eigenvalue weighted by Crippen LogP contribution is 2.60. The predicted octanol–water partition coefficient (Wildman–Crippen LogP) is 4.19. The van der Waals surface area contributed by atoms with Crippen molar-refractivity contribution in [2.75, 3.05) is 0 Å². The molecule has 2 bridgehead atoms. The van der Waals surface area contributed by atoms with Gasteiger partial charge in [0, 0.05) is 13.5 Å². The minimum atomic E-state index is -0.415. The average molecular weight is 387 g/mol. The number of aromatic nitrogens is 4. The van der Waals surface area contributed by atoms with E-state index >= 15 is 0 Å². The maximum atomic E-state index is 12.0. The number of H-pyrrole nitrogens is 2. The summed E-state index contributed by atoms with van der Waals surface area (Å²) in [4.78, 5) is 33.7. The van der Waals surface area contributed by atoms with Gasteiger partial charge in [-0.05, 0) is 68.6 Å². The molecule has 154 valence electrons. The predicted molar refractivity (Wildman–Crippen MR) is 112 cm³/mol. The zero-order valence-electron chi connectivity index (χ0n) is 17.4. The number of nitrogens with one attached hydrogen (secondary N) is 2. The molecule has 2 heterocycles. The fourth-order valence-electron chi connectivity index (χ4n) is 5.74. The smallest absolute Gasteiger partial charge is 0.329 e. The summed E-state index contributed by atoms with van der Waals surface area (Å²) in [5.41, 5.74) is 1.27. The number of aryl methyl sites for hydroxylation is 2. The molecule has 6 nitrogen and oxygen atoms in total. The summed E-state index contributed by atoms with van der Waals surface area (Å²) >= 11 is 0. The Labute approximate surface area is 166 Å². The van der Waals surface area contributed by atoms with E-state index in [4.69, 9.17) is 0 Å². The summed E-state index contributed by atoms with van der Waals surface area (Å²) in [5, 5.41) is 0. The van der Waals surface area contributed by atoms with Gasteiger partial charge >= 0.3 is 5.69 Å². The van der Waals surface area contributed by atoms with Gasteiger partial charge in [0.2, 0.25) is 0 Å². The number of nitrogens with zero attached hydrogens (tertiary/aromatic N) is 2. The number of hydrogen-bond acceptors (Lipinski definition) is 3. The topological polar surface area (TPSA) is 83.5 Å². The molecule has 0 aromatic carbocycles. The Kier molecular flexibility index (Phi) is 5.23. The van der Waals surface area contributed by atoms with Crippen molar-refractivity contribution < 1.29 is 0 Å². The van der Waals surface area contributed by atoms with Crippen LogP contribution in [-0.2, 0) is 13.5 Å². The van der Waals surface area contributed by atoms with Crippen molar-refractivity contribution in [2.45, 2.75) is 90.4 Å². The van der Waals surface area contributed by atoms with Crippen LogP contribution in [0.15, 0.2) is 9.59 Å². The summed E-state index contributed by atoms with van der Waals surface area (Å²) < 4.78 is 1.40. The molecule has 0 saturated heterocycles. The minimum Gasteiger partial charge on any atom is -0.336 e. The van der Waals surface area contributed by atoms with E-state index in [0.29, 0.717) is 22.0 Å². The first-order valence-electron chi connectivity index (χ1n) is 11.1. The average Bonchev–Trinajstić information content (AvgIpc) is 3.13. The van der Waals surface area contributed by atoms with Gasteiger partial charge in [-0.25, -0.2) is 9.78 Å². The van der Waals surface area contributed by atoms with Gasteiger partial charge in [-0.3, -0.25) is 14.3 Å². The largest absolute Gasteiger partial charge is 0.336 e. The number of rotatable bonds is 8. The van der Waals surface area contributed by atoms with Crippen LogP contribution in [0.3, 0.4) is 0 Å². The normalized spacial score (nSPS) is 26.9. The molecule has 5 rings (SSSR count). The Morgan fingerprint density at radius 1 is 0.929 bits per heavy atom. The van der Waals surface area contributed by atoms with Crippen molar-refractivity contribution in [1.82, 2.24) is 19.5 Å². The Balaban J connectivity index is 1.35. The second kappa shape index (κ2) is 7.53. The summed E-state index contributed by atoms with van der Waals surface area (Å²) in [5.74, 6) is 0.818. The lowest BCUT2D eigenvalue weighted by Gasteiger charge is -2.54. The molecule has 2 aromatic rings. The van der Waals surface area contributed by atoms with E-state index in [2.05, 4.69) is 21.9 Å². The van der Waals surface area contributed by atoms with Gasteiger partial charge in [0.25, 0.3) is 5.56 Å². The van der Waals surface area contributed by atoms with E-state index in [9.17, 15) is 9.59 Å². The molecule has 0 unspecified atom stereocenters. The molecule has 6 heteroatoms. The molecule has 3 fully saturated rings. The van der Waals surface area contributed by atoms with E-state index in [1.165, 1.54) is 75.2 Å². The molecule has 2 aromatic heterocycles. The molecule has 0 atom stereocenters. The third-order valence-electron chi connectivity index (χ3n) is 7.79. The first-order valence-corrected chi connectivity index (χ1v) is 11.1. The second-order valence-corrected chi connectivity index (χ2v) is 9.51. The Hall–Kier alpha value is -1.85. The Morgan fingerprint density at radius 2 is 1.54 bits per heavy atom. The molecule has 28 heavy (non-hydrogen) atoms. The molecule has 3 saturated carbocycles. The van der Waals surface area contributed by atoms with Gasteiger partial charge < -0.3 is 4.98 Å². The first-order chi connectivity index (χ1) is 13.5.